The van der Waals surface area contributed by atoms with Crippen molar-refractivity contribution >= 4 is 34.2 Å². The number of benzene rings is 1. The number of halogens is 2. The second kappa shape index (κ2) is 4.04. The lowest BCUT2D eigenvalue weighted by molar-refractivity contribution is 0.505. The van der Waals surface area contributed by atoms with Gasteiger partial charge in [-0.3, -0.25) is 0 Å². The van der Waals surface area contributed by atoms with Gasteiger partial charge in [-0.1, -0.05) is 23.2 Å². The topological polar surface area (TPSA) is 41.8 Å². The van der Waals surface area contributed by atoms with Crippen LogP contribution in [-0.2, 0) is 0 Å². The predicted octanol–water partition coefficient (Wildman–Crippen LogP) is 4.75. The van der Waals surface area contributed by atoms with E-state index in [9.17, 15) is 0 Å². The van der Waals surface area contributed by atoms with E-state index < -0.39 is 0 Å². The molecule has 92 valence electrons. The minimum Gasteiger partial charge on any atom is -0.466 e. The summed E-state index contributed by atoms with van der Waals surface area (Å²) in [7, 11) is 0. The molecule has 0 saturated heterocycles. The number of fused-ring (bicyclic) bond motifs is 1. The number of hydrogen-bond donors (Lipinski definition) is 1. The maximum absolute atomic E-state index is 5.98. The molecule has 0 radical (unpaired) electrons. The van der Waals surface area contributed by atoms with E-state index in [1.807, 2.05) is 19.9 Å². The predicted molar refractivity (Wildman–Crippen MR) is 73.3 cm³/mol. The number of aromatic nitrogens is 2. The van der Waals surface area contributed by atoms with Gasteiger partial charge in [-0.2, -0.15) is 0 Å². The largest absolute Gasteiger partial charge is 0.466 e. The lowest BCUT2D eigenvalue weighted by Gasteiger charge is -1.93. The first kappa shape index (κ1) is 11.6. The molecule has 0 aliphatic rings. The third kappa shape index (κ3) is 1.80. The summed E-state index contributed by atoms with van der Waals surface area (Å²) in [4.78, 5) is 7.72. The number of imidazole rings is 1. The van der Waals surface area contributed by atoms with Gasteiger partial charge in [0.2, 0.25) is 0 Å². The molecule has 0 aliphatic heterocycles. The summed E-state index contributed by atoms with van der Waals surface area (Å²) in [6.07, 6.45) is 0. The molecular weight excluding hydrogens is 271 g/mol. The molecule has 3 aromatic rings. The molecule has 0 fully saturated rings. The van der Waals surface area contributed by atoms with Crippen LogP contribution in [0, 0.1) is 13.8 Å². The van der Waals surface area contributed by atoms with Crippen molar-refractivity contribution in [3.63, 3.8) is 0 Å². The quantitative estimate of drug-likeness (QED) is 0.699. The van der Waals surface area contributed by atoms with Gasteiger partial charge >= 0.3 is 0 Å². The molecule has 0 unspecified atom stereocenters. The van der Waals surface area contributed by atoms with Gasteiger partial charge in [0.25, 0.3) is 0 Å². The van der Waals surface area contributed by atoms with E-state index in [-0.39, 0.29) is 0 Å². The highest BCUT2D eigenvalue weighted by Crippen LogP contribution is 2.30. The Hall–Kier alpha value is -1.45. The van der Waals surface area contributed by atoms with Crippen LogP contribution in [0.4, 0.5) is 0 Å². The van der Waals surface area contributed by atoms with Gasteiger partial charge in [0.05, 0.1) is 26.6 Å². The van der Waals surface area contributed by atoms with Crippen LogP contribution >= 0.6 is 23.2 Å². The van der Waals surface area contributed by atoms with Crippen molar-refractivity contribution in [2.75, 3.05) is 0 Å². The van der Waals surface area contributed by atoms with Gasteiger partial charge in [0.15, 0.2) is 0 Å². The molecule has 2 aromatic heterocycles. The lowest BCUT2D eigenvalue weighted by atomic mass is 10.2. The molecule has 0 amide bonds. The van der Waals surface area contributed by atoms with E-state index in [4.69, 9.17) is 27.6 Å². The number of aryl methyl sites for hydroxylation is 2. The van der Waals surface area contributed by atoms with Gasteiger partial charge in [-0.05, 0) is 32.0 Å². The zero-order chi connectivity index (χ0) is 12.9. The highest BCUT2D eigenvalue weighted by Gasteiger charge is 2.12. The number of nitrogens with one attached hydrogen (secondary N) is 1. The van der Waals surface area contributed by atoms with Crippen LogP contribution in [0.2, 0.25) is 10.0 Å². The molecule has 0 bridgehead atoms. The van der Waals surface area contributed by atoms with Crippen LogP contribution in [0.1, 0.15) is 11.5 Å². The number of rotatable bonds is 1. The Labute approximate surface area is 114 Å². The Morgan fingerprint density at radius 3 is 2.50 bits per heavy atom. The first-order chi connectivity index (χ1) is 8.54. The molecule has 3 rings (SSSR count). The zero-order valence-corrected chi connectivity index (χ0v) is 11.4. The third-order valence-corrected chi connectivity index (χ3v) is 3.54. The number of nitrogens with zero attached hydrogens (tertiary/aromatic N) is 1. The molecule has 1 N–H and O–H groups in total. The van der Waals surface area contributed by atoms with Crippen LogP contribution in [0.3, 0.4) is 0 Å². The average molecular weight is 281 g/mol. The summed E-state index contributed by atoms with van der Waals surface area (Å²) >= 11 is 12.0. The van der Waals surface area contributed by atoms with Gasteiger partial charge in [0.1, 0.15) is 17.3 Å². The molecule has 0 spiro atoms. The Morgan fingerprint density at radius 1 is 1.11 bits per heavy atom. The molecular formula is C13H10Cl2N2O. The second-order valence-electron chi connectivity index (χ2n) is 4.20. The van der Waals surface area contributed by atoms with E-state index in [1.165, 1.54) is 0 Å². The molecule has 0 aliphatic carbocycles. The normalized spacial score (nSPS) is 11.3. The third-order valence-electron chi connectivity index (χ3n) is 2.82. The van der Waals surface area contributed by atoms with Crippen molar-refractivity contribution in [2.24, 2.45) is 0 Å². The van der Waals surface area contributed by atoms with E-state index in [2.05, 4.69) is 9.97 Å². The van der Waals surface area contributed by atoms with Crippen LogP contribution in [-0.4, -0.2) is 9.97 Å². The molecule has 18 heavy (non-hydrogen) atoms. The van der Waals surface area contributed by atoms with Crippen molar-refractivity contribution in [1.82, 2.24) is 9.97 Å². The van der Waals surface area contributed by atoms with Gasteiger partial charge in [-0.25, -0.2) is 4.98 Å². The van der Waals surface area contributed by atoms with Gasteiger partial charge in [0, 0.05) is 0 Å². The number of aromatic amines is 1. The Balaban J connectivity index is 2.22. The molecule has 5 heteroatoms. The van der Waals surface area contributed by atoms with Crippen LogP contribution in [0.25, 0.3) is 22.4 Å². The Bertz CT molecular complexity index is 704. The summed E-state index contributed by atoms with van der Waals surface area (Å²) in [6, 6.07) is 5.48. The fourth-order valence-electron chi connectivity index (χ4n) is 2.00. The Kier molecular flexibility index (Phi) is 2.61. The molecule has 0 atom stereocenters. The first-order valence-electron chi connectivity index (χ1n) is 5.47. The van der Waals surface area contributed by atoms with Crippen molar-refractivity contribution < 1.29 is 4.42 Å². The fourth-order valence-corrected chi connectivity index (χ4v) is 2.32. The van der Waals surface area contributed by atoms with Crippen molar-refractivity contribution in [2.45, 2.75) is 13.8 Å². The standard InChI is InChI=1S/C13H10Cl2N2O/c1-6-3-8(7(2)18-6)13-16-11-4-9(14)10(15)5-12(11)17-13/h3-5H,1-2H3,(H,16,17). The first-order valence-corrected chi connectivity index (χ1v) is 6.22. The minimum absolute atomic E-state index is 0.502. The van der Waals surface area contributed by atoms with Crippen LogP contribution in [0.5, 0.6) is 0 Å². The van der Waals surface area contributed by atoms with Gasteiger partial charge in [-0.15, -0.1) is 0 Å². The summed E-state index contributed by atoms with van der Waals surface area (Å²) in [5, 5.41) is 1.02. The number of furan rings is 1. The van der Waals surface area contributed by atoms with Crippen LogP contribution in [0.15, 0.2) is 22.6 Å². The lowest BCUT2D eigenvalue weighted by Crippen LogP contribution is -1.78. The van der Waals surface area contributed by atoms with E-state index in [0.717, 1.165) is 33.9 Å². The maximum Gasteiger partial charge on any atom is 0.142 e. The van der Waals surface area contributed by atoms with E-state index in [0.29, 0.717) is 10.0 Å². The highest BCUT2D eigenvalue weighted by atomic mass is 35.5. The maximum atomic E-state index is 5.98. The minimum atomic E-state index is 0.502. The smallest absolute Gasteiger partial charge is 0.142 e. The molecule has 0 saturated carbocycles. The SMILES string of the molecule is Cc1cc(-c2nc3cc(Cl)c(Cl)cc3[nH]2)c(C)o1. The average Bonchev–Trinajstić information content (AvgIpc) is 2.82. The number of H-pyrrole nitrogens is 1. The Morgan fingerprint density at radius 2 is 1.83 bits per heavy atom. The molecule has 1 aromatic carbocycles. The van der Waals surface area contributed by atoms with Gasteiger partial charge < -0.3 is 9.40 Å². The van der Waals surface area contributed by atoms with Crippen LogP contribution < -0.4 is 0 Å². The summed E-state index contributed by atoms with van der Waals surface area (Å²) in [5.74, 6) is 2.46. The summed E-state index contributed by atoms with van der Waals surface area (Å²) in [5.41, 5.74) is 2.60. The zero-order valence-electron chi connectivity index (χ0n) is 9.84. The highest BCUT2D eigenvalue weighted by molar-refractivity contribution is 6.42. The second-order valence-corrected chi connectivity index (χ2v) is 5.01. The molecule has 2 heterocycles. The number of hydrogen-bond acceptors (Lipinski definition) is 2. The van der Waals surface area contributed by atoms with Crippen molar-refractivity contribution in [3.05, 3.63) is 39.8 Å². The molecule has 3 nitrogen and oxygen atoms in total. The monoisotopic (exact) mass is 280 g/mol. The van der Waals surface area contributed by atoms with E-state index >= 15 is 0 Å². The van der Waals surface area contributed by atoms with E-state index in [1.54, 1.807) is 12.1 Å². The summed E-state index contributed by atoms with van der Waals surface area (Å²) < 4.78 is 5.50. The fraction of sp³-hybridized carbons (Fsp3) is 0.154. The van der Waals surface area contributed by atoms with Crippen molar-refractivity contribution in [3.8, 4) is 11.4 Å². The summed E-state index contributed by atoms with van der Waals surface area (Å²) in [6.45, 7) is 3.82. The van der Waals surface area contributed by atoms with Crippen molar-refractivity contribution in [1.29, 1.82) is 0 Å².